The summed E-state index contributed by atoms with van der Waals surface area (Å²) in [7, 11) is 3.11. The summed E-state index contributed by atoms with van der Waals surface area (Å²) in [6.07, 6.45) is 1.68. The first kappa shape index (κ1) is 17.0. The quantitative estimate of drug-likeness (QED) is 0.796. The van der Waals surface area contributed by atoms with Crippen molar-refractivity contribution in [3.63, 3.8) is 0 Å². The minimum atomic E-state index is -0.171. The van der Waals surface area contributed by atoms with E-state index < -0.39 is 0 Å². The molecule has 23 heavy (non-hydrogen) atoms. The molecule has 0 aliphatic carbocycles. The Bertz CT molecular complexity index is 727. The number of carbonyl (C=O) groups is 1. The Hall–Kier alpha value is -2.34. The standard InChI is InChI=1S/C17H17BrN2O3/c1-11(21)20-15-9-17(23-3)16(22-2)8-12(15)10-19-14-6-4-13(18)5-7-14/h4-10H,1-3H3,(H,20,21). The highest BCUT2D eigenvalue weighted by Gasteiger charge is 2.11. The molecule has 1 N–H and O–H groups in total. The Morgan fingerprint density at radius 1 is 1.13 bits per heavy atom. The van der Waals surface area contributed by atoms with Crippen LogP contribution < -0.4 is 14.8 Å². The second-order valence-corrected chi connectivity index (χ2v) is 5.63. The van der Waals surface area contributed by atoms with Gasteiger partial charge in [-0.1, -0.05) is 15.9 Å². The highest BCUT2D eigenvalue weighted by atomic mass is 79.9. The van der Waals surface area contributed by atoms with Gasteiger partial charge < -0.3 is 14.8 Å². The lowest BCUT2D eigenvalue weighted by molar-refractivity contribution is -0.114. The number of ether oxygens (including phenoxy) is 2. The van der Waals surface area contributed by atoms with Gasteiger partial charge in [-0.2, -0.15) is 0 Å². The van der Waals surface area contributed by atoms with Crippen molar-refractivity contribution >= 4 is 39.4 Å². The minimum absolute atomic E-state index is 0.171. The van der Waals surface area contributed by atoms with E-state index in [9.17, 15) is 4.79 Å². The summed E-state index contributed by atoms with van der Waals surface area (Å²) >= 11 is 3.39. The number of hydrogen-bond donors (Lipinski definition) is 1. The summed E-state index contributed by atoms with van der Waals surface area (Å²) < 4.78 is 11.5. The van der Waals surface area contributed by atoms with E-state index in [1.165, 1.54) is 6.92 Å². The number of carbonyl (C=O) groups excluding carboxylic acids is 1. The average molecular weight is 377 g/mol. The summed E-state index contributed by atoms with van der Waals surface area (Å²) in [5.41, 5.74) is 2.13. The Morgan fingerprint density at radius 2 is 1.74 bits per heavy atom. The van der Waals surface area contributed by atoms with Crippen LogP contribution in [0, 0.1) is 0 Å². The van der Waals surface area contributed by atoms with E-state index >= 15 is 0 Å². The molecule has 0 unspecified atom stereocenters. The fourth-order valence-corrected chi connectivity index (χ4v) is 2.23. The molecule has 6 heteroatoms. The first-order valence-electron chi connectivity index (χ1n) is 6.86. The number of anilines is 1. The highest BCUT2D eigenvalue weighted by molar-refractivity contribution is 9.10. The van der Waals surface area contributed by atoms with Gasteiger partial charge in [0.1, 0.15) is 0 Å². The summed E-state index contributed by atoms with van der Waals surface area (Å²) in [6.45, 7) is 1.45. The number of hydrogen-bond acceptors (Lipinski definition) is 4. The largest absolute Gasteiger partial charge is 0.493 e. The molecule has 0 bridgehead atoms. The molecule has 1 amide bonds. The van der Waals surface area contributed by atoms with E-state index in [0.717, 1.165) is 15.7 Å². The van der Waals surface area contributed by atoms with Crippen molar-refractivity contribution in [2.45, 2.75) is 6.92 Å². The number of nitrogens with one attached hydrogen (secondary N) is 1. The molecule has 2 rings (SSSR count). The first-order valence-corrected chi connectivity index (χ1v) is 7.66. The lowest BCUT2D eigenvalue weighted by atomic mass is 10.1. The van der Waals surface area contributed by atoms with Crippen molar-refractivity contribution < 1.29 is 14.3 Å². The third-order valence-corrected chi connectivity index (χ3v) is 3.57. The Kier molecular flexibility index (Phi) is 5.76. The summed E-state index contributed by atoms with van der Waals surface area (Å²) in [5.74, 6) is 0.936. The normalized spacial score (nSPS) is 10.6. The van der Waals surface area contributed by atoms with Crippen molar-refractivity contribution in [1.82, 2.24) is 0 Å². The monoisotopic (exact) mass is 376 g/mol. The molecule has 0 aliphatic rings. The Morgan fingerprint density at radius 3 is 2.30 bits per heavy atom. The molecule has 120 valence electrons. The van der Waals surface area contributed by atoms with Gasteiger partial charge >= 0.3 is 0 Å². The van der Waals surface area contributed by atoms with Crippen molar-refractivity contribution in [3.05, 3.63) is 46.4 Å². The van der Waals surface area contributed by atoms with E-state index in [0.29, 0.717) is 17.2 Å². The number of halogens is 1. The van der Waals surface area contributed by atoms with Crippen LogP contribution in [-0.4, -0.2) is 26.3 Å². The van der Waals surface area contributed by atoms with Crippen molar-refractivity contribution in [1.29, 1.82) is 0 Å². The smallest absolute Gasteiger partial charge is 0.221 e. The van der Waals surface area contributed by atoms with Gasteiger partial charge in [0.05, 0.1) is 25.6 Å². The molecule has 5 nitrogen and oxygen atoms in total. The van der Waals surface area contributed by atoms with E-state index in [2.05, 4.69) is 26.2 Å². The Labute approximate surface area is 143 Å². The highest BCUT2D eigenvalue weighted by Crippen LogP contribution is 2.33. The van der Waals surface area contributed by atoms with Crippen LogP contribution in [0.1, 0.15) is 12.5 Å². The molecule has 0 radical (unpaired) electrons. The summed E-state index contributed by atoms with van der Waals surface area (Å²) in [5, 5.41) is 2.77. The van der Waals surface area contributed by atoms with E-state index in [1.54, 1.807) is 32.6 Å². The number of rotatable bonds is 5. The van der Waals surface area contributed by atoms with Gasteiger partial charge in [-0.25, -0.2) is 0 Å². The van der Waals surface area contributed by atoms with E-state index in [4.69, 9.17) is 9.47 Å². The molecular formula is C17H17BrN2O3. The zero-order chi connectivity index (χ0) is 16.8. The molecule has 0 spiro atoms. The molecule has 0 atom stereocenters. The third kappa shape index (κ3) is 4.56. The number of nitrogens with zero attached hydrogens (tertiary/aromatic N) is 1. The molecule has 0 aliphatic heterocycles. The van der Waals surface area contributed by atoms with Crippen LogP contribution in [0.5, 0.6) is 11.5 Å². The maximum absolute atomic E-state index is 11.4. The van der Waals surface area contributed by atoms with Gasteiger partial charge in [-0.05, 0) is 30.3 Å². The number of benzene rings is 2. The predicted molar refractivity (Wildman–Crippen MR) is 95.2 cm³/mol. The summed E-state index contributed by atoms with van der Waals surface area (Å²) in [4.78, 5) is 15.8. The molecule has 0 saturated carbocycles. The van der Waals surface area contributed by atoms with Gasteiger partial charge in [0.2, 0.25) is 5.91 Å². The van der Waals surface area contributed by atoms with Gasteiger partial charge in [0.25, 0.3) is 0 Å². The van der Waals surface area contributed by atoms with Crippen LogP contribution in [0.4, 0.5) is 11.4 Å². The van der Waals surface area contributed by atoms with Crippen LogP contribution in [0.2, 0.25) is 0 Å². The summed E-state index contributed by atoms with van der Waals surface area (Å²) in [6, 6.07) is 11.1. The SMILES string of the molecule is COc1cc(C=Nc2ccc(Br)cc2)c(NC(C)=O)cc1OC. The molecule has 0 fully saturated rings. The minimum Gasteiger partial charge on any atom is -0.493 e. The van der Waals surface area contributed by atoms with E-state index in [-0.39, 0.29) is 5.91 Å². The van der Waals surface area contributed by atoms with Crippen molar-refractivity contribution in [2.75, 3.05) is 19.5 Å². The lowest BCUT2D eigenvalue weighted by Crippen LogP contribution is -2.08. The molecule has 2 aromatic carbocycles. The van der Waals surface area contributed by atoms with Crippen LogP contribution >= 0.6 is 15.9 Å². The number of methoxy groups -OCH3 is 2. The van der Waals surface area contributed by atoms with Crippen LogP contribution in [0.15, 0.2) is 45.9 Å². The molecule has 0 aromatic heterocycles. The van der Waals surface area contributed by atoms with E-state index in [1.807, 2.05) is 24.3 Å². The lowest BCUT2D eigenvalue weighted by Gasteiger charge is -2.13. The Balaban J connectivity index is 2.41. The third-order valence-electron chi connectivity index (χ3n) is 3.05. The van der Waals surface area contributed by atoms with Gasteiger partial charge in [0.15, 0.2) is 11.5 Å². The molecule has 2 aromatic rings. The topological polar surface area (TPSA) is 59.9 Å². The van der Waals surface area contributed by atoms with Gasteiger partial charge in [0, 0.05) is 29.2 Å². The number of aliphatic imine (C=N–C) groups is 1. The van der Waals surface area contributed by atoms with Crippen molar-refractivity contribution in [2.24, 2.45) is 4.99 Å². The fraction of sp³-hybridized carbons (Fsp3) is 0.176. The van der Waals surface area contributed by atoms with Crippen LogP contribution in [0.25, 0.3) is 0 Å². The number of amides is 1. The van der Waals surface area contributed by atoms with Gasteiger partial charge in [-0.15, -0.1) is 0 Å². The second kappa shape index (κ2) is 7.78. The zero-order valence-electron chi connectivity index (χ0n) is 13.1. The van der Waals surface area contributed by atoms with Crippen LogP contribution in [0.3, 0.4) is 0 Å². The average Bonchev–Trinajstić information content (AvgIpc) is 2.54. The molecular weight excluding hydrogens is 360 g/mol. The first-order chi connectivity index (χ1) is 11.0. The molecule has 0 saturated heterocycles. The predicted octanol–water partition coefficient (Wildman–Crippen LogP) is 4.18. The maximum atomic E-state index is 11.4. The van der Waals surface area contributed by atoms with Crippen molar-refractivity contribution in [3.8, 4) is 11.5 Å². The zero-order valence-corrected chi connectivity index (χ0v) is 14.7. The maximum Gasteiger partial charge on any atom is 0.221 e. The van der Waals surface area contributed by atoms with Gasteiger partial charge in [-0.3, -0.25) is 9.79 Å². The molecule has 0 heterocycles. The van der Waals surface area contributed by atoms with Crippen LogP contribution in [-0.2, 0) is 4.79 Å². The fourth-order valence-electron chi connectivity index (χ4n) is 1.97. The second-order valence-electron chi connectivity index (χ2n) is 4.71.